The molecule has 0 aliphatic carbocycles. The van der Waals surface area contributed by atoms with Crippen molar-refractivity contribution in [1.29, 1.82) is 5.41 Å². The third-order valence-corrected chi connectivity index (χ3v) is 3.58. The van der Waals surface area contributed by atoms with E-state index in [0.717, 1.165) is 15.4 Å². The molecule has 1 aromatic carbocycles. The number of nitrogens with two attached hydrogens (primary N) is 1. The van der Waals surface area contributed by atoms with Crippen molar-refractivity contribution in [3.8, 4) is 0 Å². The minimum Gasteiger partial charge on any atom is -0.384 e. The monoisotopic (exact) mass is 270 g/mol. The molecule has 0 unspecified atom stereocenters. The van der Waals surface area contributed by atoms with E-state index in [1.807, 2.05) is 24.3 Å². The Hall–Kier alpha value is -2.41. The molecule has 2 heterocycles. The van der Waals surface area contributed by atoms with E-state index in [1.54, 1.807) is 6.33 Å². The molecule has 0 amide bonds. The molecule has 3 aromatic rings. The van der Waals surface area contributed by atoms with Crippen LogP contribution in [0.5, 0.6) is 0 Å². The van der Waals surface area contributed by atoms with Crippen LogP contribution in [0.25, 0.3) is 11.2 Å². The molecule has 6 nitrogen and oxygen atoms in total. The Bertz CT molecular complexity index is 733. The average molecular weight is 270 g/mol. The second kappa shape index (κ2) is 4.69. The van der Waals surface area contributed by atoms with Gasteiger partial charge in [0.05, 0.1) is 6.33 Å². The van der Waals surface area contributed by atoms with Crippen LogP contribution in [0.4, 0.5) is 0 Å². The molecule has 0 saturated heterocycles. The van der Waals surface area contributed by atoms with Gasteiger partial charge in [0.25, 0.3) is 0 Å². The molecule has 0 radical (unpaired) electrons. The van der Waals surface area contributed by atoms with Gasteiger partial charge in [-0.3, -0.25) is 5.41 Å². The molecule has 0 aliphatic rings. The lowest BCUT2D eigenvalue weighted by Crippen LogP contribution is -2.10. The summed E-state index contributed by atoms with van der Waals surface area (Å²) in [5.41, 5.74) is 7.60. The summed E-state index contributed by atoms with van der Waals surface area (Å²) in [6.07, 6.45) is 3.09. The number of aromatic nitrogens is 4. The van der Waals surface area contributed by atoms with Gasteiger partial charge in [0, 0.05) is 10.5 Å². The zero-order valence-corrected chi connectivity index (χ0v) is 10.6. The van der Waals surface area contributed by atoms with Gasteiger partial charge in [0.15, 0.2) is 5.65 Å². The average Bonchev–Trinajstić information content (AvgIpc) is 2.89. The maximum Gasteiger partial charge on any atom is 0.181 e. The molecule has 0 fully saturated rings. The van der Waals surface area contributed by atoms with Crippen LogP contribution < -0.4 is 5.73 Å². The summed E-state index contributed by atoms with van der Waals surface area (Å²) < 4.78 is 0. The van der Waals surface area contributed by atoms with Crippen molar-refractivity contribution < 1.29 is 0 Å². The first-order valence-electron chi connectivity index (χ1n) is 5.50. The Morgan fingerprint density at radius 1 is 1.16 bits per heavy atom. The quantitative estimate of drug-likeness (QED) is 0.382. The van der Waals surface area contributed by atoms with E-state index in [1.165, 1.54) is 18.1 Å². The smallest absolute Gasteiger partial charge is 0.181 e. The van der Waals surface area contributed by atoms with Crippen LogP contribution in [0.2, 0.25) is 0 Å². The highest BCUT2D eigenvalue weighted by Crippen LogP contribution is 2.29. The summed E-state index contributed by atoms with van der Waals surface area (Å²) >= 11 is 1.51. The number of imidazole rings is 1. The van der Waals surface area contributed by atoms with Crippen LogP contribution >= 0.6 is 11.8 Å². The highest BCUT2D eigenvalue weighted by atomic mass is 32.2. The lowest BCUT2D eigenvalue weighted by molar-refractivity contribution is 1.08. The Labute approximate surface area is 113 Å². The van der Waals surface area contributed by atoms with Crippen LogP contribution in [0.3, 0.4) is 0 Å². The zero-order valence-electron chi connectivity index (χ0n) is 9.79. The van der Waals surface area contributed by atoms with E-state index in [0.29, 0.717) is 11.2 Å². The number of hydrogen-bond acceptors (Lipinski definition) is 5. The van der Waals surface area contributed by atoms with Crippen molar-refractivity contribution in [2.24, 2.45) is 5.73 Å². The van der Waals surface area contributed by atoms with E-state index in [-0.39, 0.29) is 5.84 Å². The van der Waals surface area contributed by atoms with E-state index >= 15 is 0 Å². The van der Waals surface area contributed by atoms with Crippen molar-refractivity contribution >= 4 is 28.8 Å². The molecule has 0 saturated carbocycles. The third kappa shape index (κ3) is 2.27. The summed E-state index contributed by atoms with van der Waals surface area (Å²) in [5, 5.41) is 8.17. The second-order valence-corrected chi connectivity index (χ2v) is 4.88. The first kappa shape index (κ1) is 11.7. The zero-order chi connectivity index (χ0) is 13.2. The van der Waals surface area contributed by atoms with Gasteiger partial charge in [-0.1, -0.05) is 23.9 Å². The van der Waals surface area contributed by atoms with Crippen LogP contribution in [0.1, 0.15) is 5.56 Å². The third-order valence-electron chi connectivity index (χ3n) is 2.57. The number of nitrogens with one attached hydrogen (secondary N) is 2. The lowest BCUT2D eigenvalue weighted by atomic mass is 10.2. The molecule has 2 aromatic heterocycles. The molecule has 0 atom stereocenters. The van der Waals surface area contributed by atoms with Crippen molar-refractivity contribution in [1.82, 2.24) is 19.9 Å². The second-order valence-electron chi connectivity index (χ2n) is 3.82. The van der Waals surface area contributed by atoms with E-state index in [4.69, 9.17) is 11.1 Å². The standard InChI is InChI=1S/C12H10N6S/c13-10(14)7-1-3-8(4-2-7)19-12-9-11(16-5-15-9)17-6-18-12/h1-6H,(H3,13,14)(H,15,16,17,18). The Morgan fingerprint density at radius 2 is 1.95 bits per heavy atom. The highest BCUT2D eigenvalue weighted by Gasteiger charge is 2.07. The fourth-order valence-electron chi connectivity index (χ4n) is 1.63. The first-order valence-corrected chi connectivity index (χ1v) is 6.32. The number of nitrogen functional groups attached to an aromatic ring is 1. The fourth-order valence-corrected chi connectivity index (χ4v) is 2.48. The predicted molar refractivity (Wildman–Crippen MR) is 73.3 cm³/mol. The van der Waals surface area contributed by atoms with Crippen LogP contribution in [0, 0.1) is 5.41 Å². The van der Waals surface area contributed by atoms with Gasteiger partial charge in [-0.25, -0.2) is 15.0 Å². The first-order chi connectivity index (χ1) is 9.24. The highest BCUT2D eigenvalue weighted by molar-refractivity contribution is 7.99. The number of benzene rings is 1. The minimum absolute atomic E-state index is 0.0644. The molecule has 19 heavy (non-hydrogen) atoms. The van der Waals surface area contributed by atoms with E-state index in [9.17, 15) is 0 Å². The number of nitrogens with zero attached hydrogens (tertiary/aromatic N) is 3. The molecule has 3 rings (SSSR count). The SMILES string of the molecule is N=C(N)c1ccc(Sc2ncnc3nc[nH]c23)cc1. The summed E-state index contributed by atoms with van der Waals surface area (Å²) in [4.78, 5) is 16.4. The maximum absolute atomic E-state index is 7.35. The fraction of sp³-hybridized carbons (Fsp3) is 0. The summed E-state index contributed by atoms with van der Waals surface area (Å²) in [6, 6.07) is 7.45. The molecular formula is C12H10N6S. The van der Waals surface area contributed by atoms with Crippen molar-refractivity contribution in [2.45, 2.75) is 9.92 Å². The number of rotatable bonds is 3. The van der Waals surface area contributed by atoms with Crippen molar-refractivity contribution in [2.75, 3.05) is 0 Å². The minimum atomic E-state index is 0.0644. The van der Waals surface area contributed by atoms with Gasteiger partial charge in [-0.05, 0) is 12.1 Å². The number of aromatic amines is 1. The summed E-state index contributed by atoms with van der Waals surface area (Å²) in [5.74, 6) is 0.0644. The summed E-state index contributed by atoms with van der Waals surface area (Å²) in [7, 11) is 0. The molecule has 4 N–H and O–H groups in total. The molecule has 0 spiro atoms. The van der Waals surface area contributed by atoms with Crippen molar-refractivity contribution in [3.63, 3.8) is 0 Å². The Balaban J connectivity index is 1.92. The summed E-state index contributed by atoms with van der Waals surface area (Å²) in [6.45, 7) is 0. The van der Waals surface area contributed by atoms with Gasteiger partial charge in [0.2, 0.25) is 0 Å². The molecule has 94 valence electrons. The molecule has 7 heteroatoms. The number of H-pyrrole nitrogens is 1. The topological polar surface area (TPSA) is 104 Å². The number of fused-ring (bicyclic) bond motifs is 1. The van der Waals surface area contributed by atoms with Crippen LogP contribution in [0.15, 0.2) is 46.8 Å². The van der Waals surface area contributed by atoms with Gasteiger partial charge in [0.1, 0.15) is 22.7 Å². The molecular weight excluding hydrogens is 260 g/mol. The Morgan fingerprint density at radius 3 is 2.68 bits per heavy atom. The van der Waals surface area contributed by atoms with Gasteiger partial charge in [-0.15, -0.1) is 0 Å². The number of amidine groups is 1. The molecule has 0 bridgehead atoms. The normalized spacial score (nSPS) is 10.7. The van der Waals surface area contributed by atoms with E-state index in [2.05, 4.69) is 19.9 Å². The van der Waals surface area contributed by atoms with E-state index < -0.39 is 0 Å². The van der Waals surface area contributed by atoms with Gasteiger partial charge < -0.3 is 10.7 Å². The largest absolute Gasteiger partial charge is 0.384 e. The predicted octanol–water partition coefficient (Wildman–Crippen LogP) is 1.79. The van der Waals surface area contributed by atoms with Crippen LogP contribution in [-0.2, 0) is 0 Å². The van der Waals surface area contributed by atoms with Crippen molar-refractivity contribution in [3.05, 3.63) is 42.5 Å². The Kier molecular flexibility index (Phi) is 2.88. The maximum atomic E-state index is 7.35. The molecule has 0 aliphatic heterocycles. The van der Waals surface area contributed by atoms with Gasteiger partial charge >= 0.3 is 0 Å². The van der Waals surface area contributed by atoms with Crippen LogP contribution in [-0.4, -0.2) is 25.8 Å². The van der Waals surface area contributed by atoms with Gasteiger partial charge in [-0.2, -0.15) is 0 Å². The lowest BCUT2D eigenvalue weighted by Gasteiger charge is -2.03. The number of hydrogen-bond donors (Lipinski definition) is 3.